The highest BCUT2D eigenvalue weighted by Crippen LogP contribution is 2.31. The summed E-state index contributed by atoms with van der Waals surface area (Å²) in [6.07, 6.45) is 4.86. The first kappa shape index (κ1) is 16.9. The van der Waals surface area contributed by atoms with E-state index in [0.29, 0.717) is 13.2 Å². The minimum atomic E-state index is -0.105. The quantitative estimate of drug-likeness (QED) is 0.861. The van der Waals surface area contributed by atoms with Crippen LogP contribution < -0.4 is 5.32 Å². The molecule has 2 saturated heterocycles. The third-order valence-corrected chi connectivity index (χ3v) is 5.61. The van der Waals surface area contributed by atoms with Crippen molar-refractivity contribution in [2.45, 2.75) is 44.8 Å². The molecule has 1 amide bonds. The van der Waals surface area contributed by atoms with Gasteiger partial charge in [-0.05, 0) is 19.8 Å². The predicted molar refractivity (Wildman–Crippen MR) is 93.0 cm³/mol. The molecule has 0 spiro atoms. The van der Waals surface area contributed by atoms with Gasteiger partial charge in [0.05, 0.1) is 25.3 Å². The monoisotopic (exact) mass is 345 g/mol. The van der Waals surface area contributed by atoms with Crippen molar-refractivity contribution in [1.29, 1.82) is 0 Å². The van der Waals surface area contributed by atoms with E-state index in [1.165, 1.54) is 5.56 Å². The molecule has 0 radical (unpaired) electrons. The largest absolute Gasteiger partial charge is 0.379 e. The first-order chi connectivity index (χ1) is 12.2. The number of morpholine rings is 1. The maximum atomic E-state index is 13.1. The number of ether oxygens (including phenoxy) is 1. The van der Waals surface area contributed by atoms with Gasteiger partial charge in [-0.2, -0.15) is 0 Å². The van der Waals surface area contributed by atoms with E-state index in [1.807, 2.05) is 18.0 Å². The van der Waals surface area contributed by atoms with Crippen LogP contribution in [0.25, 0.3) is 0 Å². The van der Waals surface area contributed by atoms with Gasteiger partial charge in [0.1, 0.15) is 0 Å². The van der Waals surface area contributed by atoms with Gasteiger partial charge < -0.3 is 15.0 Å². The zero-order chi connectivity index (χ0) is 17.2. The number of carbonyl (C=O) groups is 1. The van der Waals surface area contributed by atoms with Gasteiger partial charge in [-0.15, -0.1) is 0 Å². The van der Waals surface area contributed by atoms with Crippen molar-refractivity contribution in [3.63, 3.8) is 0 Å². The Hall–Kier alpha value is -1.57. The summed E-state index contributed by atoms with van der Waals surface area (Å²) in [5, 5.41) is 3.35. The fourth-order valence-electron chi connectivity index (χ4n) is 4.07. The Morgan fingerprint density at radius 1 is 1.36 bits per heavy atom. The molecule has 7 heteroatoms. The molecular formula is C18H27N5O2. The molecule has 2 fully saturated rings. The molecule has 0 aliphatic carbocycles. The average Bonchev–Trinajstić information content (AvgIpc) is 3.17. The number of hydrogen-bond donors (Lipinski definition) is 1. The number of fused-ring (bicyclic) bond motifs is 1. The summed E-state index contributed by atoms with van der Waals surface area (Å²) < 4.78 is 5.41. The van der Waals surface area contributed by atoms with Gasteiger partial charge in [0.15, 0.2) is 5.82 Å². The Balaban J connectivity index is 1.50. The molecule has 2 atom stereocenters. The highest BCUT2D eigenvalue weighted by Gasteiger charge is 2.36. The van der Waals surface area contributed by atoms with E-state index in [1.54, 1.807) is 0 Å². The van der Waals surface area contributed by atoms with Crippen LogP contribution >= 0.6 is 0 Å². The van der Waals surface area contributed by atoms with Gasteiger partial charge in [-0.1, -0.05) is 0 Å². The highest BCUT2D eigenvalue weighted by atomic mass is 16.5. The second-order valence-electron chi connectivity index (χ2n) is 7.14. The van der Waals surface area contributed by atoms with E-state index in [0.717, 1.165) is 63.5 Å². The van der Waals surface area contributed by atoms with Crippen molar-refractivity contribution in [3.05, 3.63) is 23.3 Å². The maximum Gasteiger partial charge on any atom is 0.240 e. The summed E-state index contributed by atoms with van der Waals surface area (Å²) in [7, 11) is 0. The average molecular weight is 345 g/mol. The smallest absolute Gasteiger partial charge is 0.240 e. The van der Waals surface area contributed by atoms with Gasteiger partial charge in [0.25, 0.3) is 0 Å². The minimum Gasteiger partial charge on any atom is -0.379 e. The molecular weight excluding hydrogens is 318 g/mol. The number of likely N-dealkylation sites (tertiary alicyclic amines) is 1. The molecule has 4 heterocycles. The molecule has 2 unspecified atom stereocenters. The summed E-state index contributed by atoms with van der Waals surface area (Å²) in [5.41, 5.74) is 2.33. The van der Waals surface area contributed by atoms with Crippen LogP contribution in [-0.4, -0.2) is 71.1 Å². The van der Waals surface area contributed by atoms with Gasteiger partial charge in [-0.25, -0.2) is 9.97 Å². The molecule has 4 rings (SSSR count). The van der Waals surface area contributed by atoms with Crippen LogP contribution in [0.15, 0.2) is 6.20 Å². The van der Waals surface area contributed by atoms with Crippen LogP contribution in [0.1, 0.15) is 42.9 Å². The van der Waals surface area contributed by atoms with E-state index in [2.05, 4.69) is 15.2 Å². The minimum absolute atomic E-state index is 0.0242. The highest BCUT2D eigenvalue weighted by molar-refractivity contribution is 5.82. The number of aromatic nitrogens is 2. The third kappa shape index (κ3) is 3.41. The van der Waals surface area contributed by atoms with Gasteiger partial charge in [-0.3, -0.25) is 9.69 Å². The Bertz CT molecular complexity index is 632. The SMILES string of the molecule is CC(C(=O)N1CCCC1c1ncc2c(n1)CCNC2)N1CCOCC1. The lowest BCUT2D eigenvalue weighted by Gasteiger charge is -2.35. The van der Waals surface area contributed by atoms with Crippen LogP contribution in [0, 0.1) is 0 Å². The van der Waals surface area contributed by atoms with Gasteiger partial charge >= 0.3 is 0 Å². The van der Waals surface area contributed by atoms with Gasteiger partial charge in [0.2, 0.25) is 5.91 Å². The fourth-order valence-corrected chi connectivity index (χ4v) is 4.07. The second-order valence-corrected chi connectivity index (χ2v) is 7.14. The standard InChI is InChI=1S/C18H27N5O2/c1-13(22-7-9-25-10-8-22)18(24)23-6-2-3-16(23)17-20-12-14-11-19-5-4-15(14)21-17/h12-13,16,19H,2-11H2,1H3. The molecule has 3 aliphatic heterocycles. The number of amides is 1. The number of nitrogens with one attached hydrogen (secondary N) is 1. The molecule has 0 bridgehead atoms. The van der Waals surface area contributed by atoms with E-state index in [-0.39, 0.29) is 18.0 Å². The number of nitrogens with zero attached hydrogens (tertiary/aromatic N) is 4. The van der Waals surface area contributed by atoms with Crippen LogP contribution in [0.5, 0.6) is 0 Å². The van der Waals surface area contributed by atoms with Crippen molar-refractivity contribution in [2.24, 2.45) is 0 Å². The van der Waals surface area contributed by atoms with Crippen LogP contribution in [0.3, 0.4) is 0 Å². The summed E-state index contributed by atoms with van der Waals surface area (Å²) >= 11 is 0. The van der Waals surface area contributed by atoms with Crippen molar-refractivity contribution in [2.75, 3.05) is 39.4 Å². The van der Waals surface area contributed by atoms with E-state index in [9.17, 15) is 4.79 Å². The molecule has 3 aliphatic rings. The number of carbonyl (C=O) groups excluding carboxylic acids is 1. The van der Waals surface area contributed by atoms with Crippen LogP contribution in [0.4, 0.5) is 0 Å². The molecule has 136 valence electrons. The van der Waals surface area contributed by atoms with E-state index >= 15 is 0 Å². The van der Waals surface area contributed by atoms with Gasteiger partial charge in [0, 0.05) is 56.6 Å². The second kappa shape index (κ2) is 7.35. The molecule has 1 aromatic heterocycles. The molecule has 0 saturated carbocycles. The van der Waals surface area contributed by atoms with Crippen molar-refractivity contribution < 1.29 is 9.53 Å². The van der Waals surface area contributed by atoms with E-state index < -0.39 is 0 Å². The predicted octanol–water partition coefficient (Wildman–Crippen LogP) is 0.507. The Morgan fingerprint density at radius 3 is 3.04 bits per heavy atom. The lowest BCUT2D eigenvalue weighted by Crippen LogP contribution is -2.50. The Labute approximate surface area is 148 Å². The maximum absolute atomic E-state index is 13.1. The van der Waals surface area contributed by atoms with Crippen molar-refractivity contribution in [1.82, 2.24) is 25.1 Å². The molecule has 0 aromatic carbocycles. The fraction of sp³-hybridized carbons (Fsp3) is 0.722. The lowest BCUT2D eigenvalue weighted by atomic mass is 10.1. The first-order valence-corrected chi connectivity index (χ1v) is 9.42. The first-order valence-electron chi connectivity index (χ1n) is 9.42. The lowest BCUT2D eigenvalue weighted by molar-refractivity contribution is -0.139. The van der Waals surface area contributed by atoms with Crippen molar-refractivity contribution in [3.8, 4) is 0 Å². The summed E-state index contributed by atoms with van der Waals surface area (Å²) in [4.78, 5) is 26.7. The summed E-state index contributed by atoms with van der Waals surface area (Å²) in [6.45, 7) is 7.71. The normalized spacial score (nSPS) is 25.6. The zero-order valence-electron chi connectivity index (χ0n) is 14.9. The molecule has 25 heavy (non-hydrogen) atoms. The number of hydrogen-bond acceptors (Lipinski definition) is 6. The van der Waals surface area contributed by atoms with E-state index in [4.69, 9.17) is 9.72 Å². The topological polar surface area (TPSA) is 70.6 Å². The summed E-state index contributed by atoms with van der Waals surface area (Å²) in [6, 6.07) is -0.0810. The molecule has 1 aromatic rings. The molecule has 7 nitrogen and oxygen atoms in total. The number of rotatable bonds is 3. The van der Waals surface area contributed by atoms with Crippen LogP contribution in [0.2, 0.25) is 0 Å². The summed E-state index contributed by atoms with van der Waals surface area (Å²) in [5.74, 6) is 1.02. The Morgan fingerprint density at radius 2 is 2.20 bits per heavy atom. The molecule has 1 N–H and O–H groups in total. The zero-order valence-corrected chi connectivity index (χ0v) is 14.9. The van der Waals surface area contributed by atoms with Crippen LogP contribution in [-0.2, 0) is 22.5 Å². The van der Waals surface area contributed by atoms with Crippen molar-refractivity contribution >= 4 is 5.91 Å². The third-order valence-electron chi connectivity index (χ3n) is 5.61. The Kier molecular flexibility index (Phi) is 4.96.